The van der Waals surface area contributed by atoms with Crippen LogP contribution in [0.2, 0.25) is 0 Å². The minimum atomic E-state index is -0.622. The number of hydrogen-bond acceptors (Lipinski definition) is 5. The van der Waals surface area contributed by atoms with Gasteiger partial charge in [-0.1, -0.05) is 11.6 Å². The highest BCUT2D eigenvalue weighted by Gasteiger charge is 2.24. The van der Waals surface area contributed by atoms with Crippen LogP contribution >= 0.6 is 0 Å². The molecule has 0 spiro atoms. The molecule has 0 aromatic heterocycles. The van der Waals surface area contributed by atoms with Crippen molar-refractivity contribution >= 4 is 11.8 Å². The van der Waals surface area contributed by atoms with Gasteiger partial charge in [-0.05, 0) is 33.0 Å². The Morgan fingerprint density at radius 1 is 1.35 bits per heavy atom. The Kier molecular flexibility index (Phi) is 6.18. The van der Waals surface area contributed by atoms with E-state index in [4.69, 9.17) is 4.74 Å². The van der Waals surface area contributed by atoms with E-state index in [0.717, 1.165) is 5.56 Å². The predicted octanol–water partition coefficient (Wildman–Crippen LogP) is 1.73. The number of likely N-dealkylation sites (N-methyl/N-ethyl adjacent to an activating group) is 1. The van der Waals surface area contributed by atoms with Crippen LogP contribution in [-0.4, -0.2) is 38.6 Å². The third kappa shape index (κ3) is 4.06. The molecule has 0 saturated carbocycles. The number of carbonyl (C=O) groups is 2. The van der Waals surface area contributed by atoms with Gasteiger partial charge in [-0.25, -0.2) is 0 Å². The van der Waals surface area contributed by atoms with Crippen molar-refractivity contribution in [3.05, 3.63) is 29.3 Å². The number of ether oxygens (including phenoxy) is 2. The number of ketones is 1. The zero-order chi connectivity index (χ0) is 15.1. The Hall–Kier alpha value is -1.88. The minimum absolute atomic E-state index is 0.00859. The first kappa shape index (κ1) is 16.2. The normalized spacial score (nSPS) is 11.8. The van der Waals surface area contributed by atoms with Crippen molar-refractivity contribution in [1.29, 1.82) is 0 Å². The number of benzene rings is 1. The number of methoxy groups -OCH3 is 1. The first-order valence-corrected chi connectivity index (χ1v) is 6.55. The van der Waals surface area contributed by atoms with Crippen molar-refractivity contribution in [2.75, 3.05) is 20.8 Å². The maximum atomic E-state index is 12.5. The molecule has 5 heteroatoms. The summed E-state index contributed by atoms with van der Waals surface area (Å²) in [7, 11) is 2.94. The number of esters is 1. The number of hydrogen-bond donors (Lipinski definition) is 1. The molecule has 0 aliphatic heterocycles. The molecule has 0 radical (unpaired) electrons. The van der Waals surface area contributed by atoms with Crippen molar-refractivity contribution in [2.24, 2.45) is 0 Å². The summed E-state index contributed by atoms with van der Waals surface area (Å²) in [5.41, 5.74) is 1.44. The lowest BCUT2D eigenvalue weighted by molar-refractivity contribution is -0.140. The number of Topliss-reactive ketones (excluding diaryl/α,β-unsaturated/α-hetero) is 1. The van der Waals surface area contributed by atoms with Crippen molar-refractivity contribution in [3.63, 3.8) is 0 Å². The molecule has 0 bridgehead atoms. The van der Waals surface area contributed by atoms with Crippen LogP contribution in [0.15, 0.2) is 18.2 Å². The summed E-state index contributed by atoms with van der Waals surface area (Å²) in [6, 6.07) is 4.81. The van der Waals surface area contributed by atoms with Crippen LogP contribution in [0.25, 0.3) is 0 Å². The number of nitrogens with one attached hydrogen (secondary N) is 1. The second kappa shape index (κ2) is 7.65. The van der Waals surface area contributed by atoms with Crippen molar-refractivity contribution in [1.82, 2.24) is 5.32 Å². The van der Waals surface area contributed by atoms with E-state index in [1.807, 2.05) is 19.9 Å². The summed E-state index contributed by atoms with van der Waals surface area (Å²) >= 11 is 0. The van der Waals surface area contributed by atoms with E-state index in [-0.39, 0.29) is 12.2 Å². The summed E-state index contributed by atoms with van der Waals surface area (Å²) in [5, 5.41) is 2.85. The quantitative estimate of drug-likeness (QED) is 0.608. The molecule has 5 nitrogen and oxygen atoms in total. The molecule has 0 heterocycles. The highest BCUT2D eigenvalue weighted by atomic mass is 16.5. The zero-order valence-electron chi connectivity index (χ0n) is 12.4. The van der Waals surface area contributed by atoms with E-state index >= 15 is 0 Å². The molecule has 1 atom stereocenters. The van der Waals surface area contributed by atoms with Crippen LogP contribution in [0.4, 0.5) is 0 Å². The van der Waals surface area contributed by atoms with Gasteiger partial charge in [0.15, 0.2) is 5.78 Å². The first-order chi connectivity index (χ1) is 9.53. The highest BCUT2D eigenvalue weighted by Crippen LogP contribution is 2.22. The van der Waals surface area contributed by atoms with Crippen LogP contribution in [-0.2, 0) is 9.53 Å². The smallest absolute Gasteiger partial charge is 0.307 e. The summed E-state index contributed by atoms with van der Waals surface area (Å²) in [5.74, 6) is -0.0680. The average Bonchev–Trinajstić information content (AvgIpc) is 2.45. The average molecular weight is 279 g/mol. The lowest BCUT2D eigenvalue weighted by atomic mass is 9.99. The zero-order valence-corrected chi connectivity index (χ0v) is 12.4. The fraction of sp³-hybridized carbons (Fsp3) is 0.467. The molecule has 1 rings (SSSR count). The van der Waals surface area contributed by atoms with E-state index in [1.165, 1.54) is 7.11 Å². The molecule has 1 N–H and O–H groups in total. The third-order valence-corrected chi connectivity index (χ3v) is 2.96. The maximum Gasteiger partial charge on any atom is 0.307 e. The largest absolute Gasteiger partial charge is 0.493 e. The Balaban J connectivity index is 3.04. The lowest BCUT2D eigenvalue weighted by Crippen LogP contribution is -2.36. The fourth-order valence-corrected chi connectivity index (χ4v) is 1.88. The molecule has 0 saturated heterocycles. The van der Waals surface area contributed by atoms with Gasteiger partial charge in [0.25, 0.3) is 0 Å². The molecule has 1 aromatic rings. The summed E-state index contributed by atoms with van der Waals surface area (Å²) in [6.07, 6.45) is -0.00859. The standard InChI is InChI=1S/C15H21NO4/c1-5-20-13-7-6-10(2)8-11(13)15(18)12(16-3)9-14(17)19-4/h6-8,12,16H,5,9H2,1-4H3. The number of aryl methyl sites for hydroxylation is 1. The Morgan fingerprint density at radius 3 is 2.60 bits per heavy atom. The fourth-order valence-electron chi connectivity index (χ4n) is 1.88. The van der Waals surface area contributed by atoms with Gasteiger partial charge in [-0.2, -0.15) is 0 Å². The molecule has 0 aliphatic carbocycles. The molecule has 20 heavy (non-hydrogen) atoms. The number of carbonyl (C=O) groups excluding carboxylic acids is 2. The highest BCUT2D eigenvalue weighted by molar-refractivity contribution is 6.04. The van der Waals surface area contributed by atoms with Gasteiger partial charge >= 0.3 is 5.97 Å². The van der Waals surface area contributed by atoms with Crippen molar-refractivity contribution in [3.8, 4) is 5.75 Å². The molecule has 0 fully saturated rings. The molecule has 0 amide bonds. The SMILES string of the molecule is CCOc1ccc(C)cc1C(=O)C(CC(=O)OC)NC. The molecular weight excluding hydrogens is 258 g/mol. The van der Waals surface area contributed by atoms with Gasteiger partial charge in [0.1, 0.15) is 5.75 Å². The Morgan fingerprint density at radius 2 is 2.05 bits per heavy atom. The summed E-state index contributed by atoms with van der Waals surface area (Å²) in [6.45, 7) is 4.24. The second-order valence-corrected chi connectivity index (χ2v) is 4.42. The maximum absolute atomic E-state index is 12.5. The van der Waals surface area contributed by atoms with Crippen LogP contribution in [0, 0.1) is 6.92 Å². The summed E-state index contributed by atoms with van der Waals surface area (Å²) in [4.78, 5) is 23.9. The van der Waals surface area contributed by atoms with Crippen LogP contribution in [0.1, 0.15) is 29.3 Å². The van der Waals surface area contributed by atoms with E-state index in [0.29, 0.717) is 17.9 Å². The molecule has 0 aliphatic rings. The van der Waals surface area contributed by atoms with E-state index in [2.05, 4.69) is 10.1 Å². The van der Waals surface area contributed by atoms with E-state index < -0.39 is 12.0 Å². The van der Waals surface area contributed by atoms with E-state index in [1.54, 1.807) is 19.2 Å². The van der Waals surface area contributed by atoms with Gasteiger partial charge < -0.3 is 14.8 Å². The third-order valence-electron chi connectivity index (χ3n) is 2.96. The van der Waals surface area contributed by atoms with E-state index in [9.17, 15) is 9.59 Å². The van der Waals surface area contributed by atoms with Gasteiger partial charge in [0.05, 0.1) is 31.7 Å². The summed E-state index contributed by atoms with van der Waals surface area (Å²) < 4.78 is 10.1. The van der Waals surface area contributed by atoms with Gasteiger partial charge in [-0.15, -0.1) is 0 Å². The van der Waals surface area contributed by atoms with Crippen molar-refractivity contribution in [2.45, 2.75) is 26.3 Å². The Bertz CT molecular complexity index is 485. The van der Waals surface area contributed by atoms with Crippen molar-refractivity contribution < 1.29 is 19.1 Å². The first-order valence-electron chi connectivity index (χ1n) is 6.55. The molecular formula is C15H21NO4. The monoisotopic (exact) mass is 279 g/mol. The van der Waals surface area contributed by atoms with Crippen LogP contribution in [0.3, 0.4) is 0 Å². The second-order valence-electron chi connectivity index (χ2n) is 4.42. The number of rotatable bonds is 7. The van der Waals surface area contributed by atoms with Crippen LogP contribution < -0.4 is 10.1 Å². The molecule has 110 valence electrons. The minimum Gasteiger partial charge on any atom is -0.493 e. The van der Waals surface area contributed by atoms with Crippen LogP contribution in [0.5, 0.6) is 5.75 Å². The predicted molar refractivity (Wildman–Crippen MR) is 76.2 cm³/mol. The topological polar surface area (TPSA) is 64.6 Å². The molecule has 1 aromatic carbocycles. The van der Waals surface area contributed by atoms with Gasteiger partial charge in [0.2, 0.25) is 0 Å². The molecule has 1 unspecified atom stereocenters. The van der Waals surface area contributed by atoms with Gasteiger partial charge in [-0.3, -0.25) is 9.59 Å². The lowest BCUT2D eigenvalue weighted by Gasteiger charge is -2.16. The Labute approximate surface area is 119 Å². The van der Waals surface area contributed by atoms with Gasteiger partial charge in [0, 0.05) is 0 Å².